The summed E-state index contributed by atoms with van der Waals surface area (Å²) >= 11 is 0. The Bertz CT molecular complexity index is 728. The highest BCUT2D eigenvalue weighted by molar-refractivity contribution is 7.89. The summed E-state index contributed by atoms with van der Waals surface area (Å²) in [6.07, 6.45) is 0. The molecule has 1 saturated heterocycles. The maximum atomic E-state index is 12.7. The quantitative estimate of drug-likeness (QED) is 0.793. The summed E-state index contributed by atoms with van der Waals surface area (Å²) in [4.78, 5) is 25.2. The lowest BCUT2D eigenvalue weighted by molar-refractivity contribution is -0.137. The Morgan fingerprint density at radius 3 is 1.96 bits per heavy atom. The van der Waals surface area contributed by atoms with Crippen LogP contribution in [0.5, 0.6) is 0 Å². The van der Waals surface area contributed by atoms with Crippen LogP contribution >= 0.6 is 0 Å². The van der Waals surface area contributed by atoms with Crippen molar-refractivity contribution >= 4 is 21.7 Å². The van der Waals surface area contributed by atoms with E-state index in [2.05, 4.69) is 0 Å². The molecule has 0 radical (unpaired) electrons. The van der Waals surface area contributed by atoms with Gasteiger partial charge >= 0.3 is 0 Å². The number of carbonyl (C=O) groups excluding carboxylic acids is 2. The van der Waals surface area contributed by atoms with Gasteiger partial charge in [0.2, 0.25) is 15.9 Å². The number of Topliss-reactive ketones (excluding diaryl/α,β-unsaturated/α-hetero) is 1. The molecule has 1 aliphatic heterocycles. The van der Waals surface area contributed by atoms with Crippen molar-refractivity contribution < 1.29 is 18.0 Å². The van der Waals surface area contributed by atoms with Crippen molar-refractivity contribution in [1.29, 1.82) is 0 Å². The molecule has 24 heavy (non-hydrogen) atoms. The highest BCUT2D eigenvalue weighted by Gasteiger charge is 2.34. The number of amides is 1. The molecule has 1 aromatic rings. The molecule has 2 rings (SSSR count). The lowest BCUT2D eigenvalue weighted by Crippen LogP contribution is -2.57. The largest absolute Gasteiger partial charge is 0.338 e. The van der Waals surface area contributed by atoms with Gasteiger partial charge < -0.3 is 10.6 Å². The van der Waals surface area contributed by atoms with Crippen molar-refractivity contribution in [2.45, 2.75) is 31.2 Å². The van der Waals surface area contributed by atoms with Crippen molar-refractivity contribution in [2.24, 2.45) is 5.73 Å². The number of nitrogens with zero attached hydrogens (tertiary/aromatic N) is 2. The predicted octanol–water partition coefficient (Wildman–Crippen LogP) is 0.459. The number of hydrogen-bond donors (Lipinski definition) is 1. The standard InChI is InChI=1S/C16H23N3O4S/c1-12(20)13-4-6-14(7-5-13)24(22,23)19-10-8-18(9-11-19)15(21)16(2,3)17/h4-7H,8-11,17H2,1-3H3. The number of sulfonamides is 1. The highest BCUT2D eigenvalue weighted by atomic mass is 32.2. The van der Waals surface area contributed by atoms with E-state index in [0.717, 1.165) is 0 Å². The zero-order valence-electron chi connectivity index (χ0n) is 14.2. The third-order valence-electron chi connectivity index (χ3n) is 3.98. The first-order valence-corrected chi connectivity index (χ1v) is 9.17. The van der Waals surface area contributed by atoms with Gasteiger partial charge in [-0.25, -0.2) is 8.42 Å². The summed E-state index contributed by atoms with van der Waals surface area (Å²) in [5.74, 6) is -0.305. The van der Waals surface area contributed by atoms with Gasteiger partial charge in [0, 0.05) is 31.7 Å². The van der Waals surface area contributed by atoms with Crippen molar-refractivity contribution in [3.63, 3.8) is 0 Å². The fraction of sp³-hybridized carbons (Fsp3) is 0.500. The van der Waals surface area contributed by atoms with E-state index in [9.17, 15) is 18.0 Å². The van der Waals surface area contributed by atoms with Crippen LogP contribution in [-0.2, 0) is 14.8 Å². The summed E-state index contributed by atoms with van der Waals surface area (Å²) in [5, 5.41) is 0. The molecule has 0 unspecified atom stereocenters. The number of hydrogen-bond acceptors (Lipinski definition) is 5. The second-order valence-electron chi connectivity index (χ2n) is 6.50. The molecule has 1 aliphatic rings. The van der Waals surface area contributed by atoms with Crippen LogP contribution in [-0.4, -0.2) is 61.0 Å². The van der Waals surface area contributed by atoms with Gasteiger partial charge in [0.25, 0.3) is 0 Å². The van der Waals surface area contributed by atoms with Gasteiger partial charge in [-0.2, -0.15) is 4.31 Å². The fourth-order valence-electron chi connectivity index (χ4n) is 2.55. The number of rotatable bonds is 4. The lowest BCUT2D eigenvalue weighted by atomic mass is 10.1. The number of benzene rings is 1. The van der Waals surface area contributed by atoms with Crippen molar-refractivity contribution in [2.75, 3.05) is 26.2 Å². The zero-order chi connectivity index (χ0) is 18.1. The van der Waals surface area contributed by atoms with E-state index in [-0.39, 0.29) is 29.7 Å². The van der Waals surface area contributed by atoms with Crippen molar-refractivity contribution in [1.82, 2.24) is 9.21 Å². The van der Waals surface area contributed by atoms with E-state index in [1.54, 1.807) is 18.7 Å². The van der Waals surface area contributed by atoms with Crippen LogP contribution in [0.1, 0.15) is 31.1 Å². The van der Waals surface area contributed by atoms with Crippen molar-refractivity contribution in [3.8, 4) is 0 Å². The monoisotopic (exact) mass is 353 g/mol. The van der Waals surface area contributed by atoms with Gasteiger partial charge in [0.05, 0.1) is 10.4 Å². The maximum absolute atomic E-state index is 12.7. The summed E-state index contributed by atoms with van der Waals surface area (Å²) in [5.41, 5.74) is 5.31. The highest BCUT2D eigenvalue weighted by Crippen LogP contribution is 2.19. The summed E-state index contributed by atoms with van der Waals surface area (Å²) in [6, 6.07) is 5.89. The average Bonchev–Trinajstić information content (AvgIpc) is 2.53. The number of carbonyl (C=O) groups is 2. The molecule has 0 spiro atoms. The molecule has 1 fully saturated rings. The van der Waals surface area contributed by atoms with Crippen LogP contribution in [0.25, 0.3) is 0 Å². The van der Waals surface area contributed by atoms with Crippen LogP contribution in [0.3, 0.4) is 0 Å². The average molecular weight is 353 g/mol. The fourth-order valence-corrected chi connectivity index (χ4v) is 3.97. The minimum atomic E-state index is -3.64. The Morgan fingerprint density at radius 2 is 1.54 bits per heavy atom. The smallest absolute Gasteiger partial charge is 0.243 e. The second kappa shape index (κ2) is 6.62. The van der Waals surface area contributed by atoms with Crippen LogP contribution < -0.4 is 5.73 Å². The number of ketones is 1. The lowest BCUT2D eigenvalue weighted by Gasteiger charge is -2.36. The Morgan fingerprint density at radius 1 is 1.04 bits per heavy atom. The predicted molar refractivity (Wildman–Crippen MR) is 90.1 cm³/mol. The molecule has 0 atom stereocenters. The third kappa shape index (κ3) is 3.82. The number of nitrogens with two attached hydrogens (primary N) is 1. The van der Waals surface area contributed by atoms with Crippen LogP contribution in [0.15, 0.2) is 29.2 Å². The van der Waals surface area contributed by atoms with E-state index in [1.165, 1.54) is 35.5 Å². The van der Waals surface area contributed by atoms with Crippen LogP contribution in [0.2, 0.25) is 0 Å². The maximum Gasteiger partial charge on any atom is 0.243 e. The van der Waals surface area contributed by atoms with Gasteiger partial charge in [-0.3, -0.25) is 9.59 Å². The van der Waals surface area contributed by atoms with E-state index in [4.69, 9.17) is 5.73 Å². The normalized spacial score (nSPS) is 16.9. The Labute approximate surface area is 142 Å². The van der Waals surface area contributed by atoms with E-state index in [1.807, 2.05) is 0 Å². The summed E-state index contributed by atoms with van der Waals surface area (Å²) in [7, 11) is -3.64. The first kappa shape index (κ1) is 18.6. The molecule has 0 saturated carbocycles. The first-order valence-electron chi connectivity index (χ1n) is 7.73. The minimum Gasteiger partial charge on any atom is -0.338 e. The third-order valence-corrected chi connectivity index (χ3v) is 5.89. The van der Waals surface area contributed by atoms with Crippen molar-refractivity contribution in [3.05, 3.63) is 29.8 Å². The molecule has 8 heteroatoms. The van der Waals surface area contributed by atoms with Gasteiger partial charge in [-0.1, -0.05) is 12.1 Å². The molecular formula is C16H23N3O4S. The second-order valence-corrected chi connectivity index (χ2v) is 8.44. The Balaban J connectivity index is 2.10. The van der Waals surface area contributed by atoms with Gasteiger partial charge in [-0.05, 0) is 32.9 Å². The van der Waals surface area contributed by atoms with E-state index in [0.29, 0.717) is 18.7 Å². The summed E-state index contributed by atoms with van der Waals surface area (Å²) < 4.78 is 26.7. The number of piperazine rings is 1. The molecule has 7 nitrogen and oxygen atoms in total. The summed E-state index contributed by atoms with van der Waals surface area (Å²) in [6.45, 7) is 5.76. The Kier molecular flexibility index (Phi) is 5.12. The molecule has 0 aromatic heterocycles. The molecular weight excluding hydrogens is 330 g/mol. The van der Waals surface area contributed by atoms with Gasteiger partial charge in [0.1, 0.15) is 0 Å². The molecule has 132 valence electrons. The molecule has 2 N–H and O–H groups in total. The molecule has 0 bridgehead atoms. The SMILES string of the molecule is CC(=O)c1ccc(S(=O)(=O)N2CCN(C(=O)C(C)(C)N)CC2)cc1. The van der Waals surface area contributed by atoms with Gasteiger partial charge in [-0.15, -0.1) is 0 Å². The minimum absolute atomic E-state index is 0.115. The first-order chi connectivity index (χ1) is 11.0. The molecule has 1 heterocycles. The van der Waals surface area contributed by atoms with Crippen LogP contribution in [0, 0.1) is 0 Å². The molecule has 0 aliphatic carbocycles. The topological polar surface area (TPSA) is 101 Å². The van der Waals surface area contributed by atoms with Gasteiger partial charge in [0.15, 0.2) is 5.78 Å². The Hall–Kier alpha value is -1.77. The van der Waals surface area contributed by atoms with Crippen LogP contribution in [0.4, 0.5) is 0 Å². The van der Waals surface area contributed by atoms with E-state index >= 15 is 0 Å². The molecule has 1 aromatic carbocycles. The molecule has 1 amide bonds. The zero-order valence-corrected chi connectivity index (χ0v) is 15.0. The van der Waals surface area contributed by atoms with E-state index < -0.39 is 15.6 Å².